The summed E-state index contributed by atoms with van der Waals surface area (Å²) in [6.45, 7) is 1.60. The van der Waals surface area contributed by atoms with Crippen LogP contribution >= 0.6 is 7.26 Å². The Labute approximate surface area is 144 Å². The Bertz CT molecular complexity index is 727. The van der Waals surface area contributed by atoms with Gasteiger partial charge >= 0.3 is 0 Å². The smallest absolute Gasteiger partial charge is 0.155 e. The number of hydrogen-bond acceptors (Lipinski definition) is 1. The number of hydrogen-bond donors (Lipinski definition) is 0. The van der Waals surface area contributed by atoms with E-state index in [1.807, 2.05) is 18.2 Å². The zero-order valence-electron chi connectivity index (χ0n) is 13.7. The summed E-state index contributed by atoms with van der Waals surface area (Å²) in [5, 5.41) is 3.75. The molecule has 0 saturated heterocycles. The summed E-state index contributed by atoms with van der Waals surface area (Å²) < 4.78 is 0. The predicted octanol–water partition coefficient (Wildman–Crippen LogP) is 4.08. The average Bonchev–Trinajstić information content (AvgIpc) is 2.65. The zero-order chi connectivity index (χ0) is 16.8. The van der Waals surface area contributed by atoms with E-state index >= 15 is 0 Å². The van der Waals surface area contributed by atoms with E-state index in [1.54, 1.807) is 13.0 Å². The first-order valence-electron chi connectivity index (χ1n) is 7.99. The van der Waals surface area contributed by atoms with Crippen molar-refractivity contribution in [1.82, 2.24) is 0 Å². The van der Waals surface area contributed by atoms with Crippen LogP contribution in [0.3, 0.4) is 0 Å². The lowest BCUT2D eigenvalue weighted by molar-refractivity contribution is -0.112. The van der Waals surface area contributed by atoms with E-state index in [9.17, 15) is 4.79 Å². The Morgan fingerprint density at radius 2 is 1.00 bits per heavy atom. The summed E-state index contributed by atoms with van der Waals surface area (Å²) in [7, 11) is -2.01. The topological polar surface area (TPSA) is 17.1 Å². The van der Waals surface area contributed by atoms with E-state index in [4.69, 9.17) is 0 Å². The Hall–Kier alpha value is -2.50. The summed E-state index contributed by atoms with van der Waals surface area (Å²) in [4.78, 5) is 11.7. The number of rotatable bonds is 5. The Balaban J connectivity index is 2.35. The highest BCUT2D eigenvalue weighted by molar-refractivity contribution is 7.98. The normalized spacial score (nSPS) is 11.5. The molecule has 0 N–H and O–H groups in total. The van der Waals surface area contributed by atoms with Gasteiger partial charge in [-0.25, -0.2) is 0 Å². The molecule has 0 heterocycles. The van der Waals surface area contributed by atoms with Crippen LogP contribution in [0.5, 0.6) is 0 Å². The molecule has 0 aliphatic carbocycles. The highest BCUT2D eigenvalue weighted by Gasteiger charge is 2.43. The molecule has 0 bridgehead atoms. The number of carbonyl (C=O) groups is 1. The summed E-state index contributed by atoms with van der Waals surface area (Å²) in [6.07, 6.45) is 1.72. The Morgan fingerprint density at radius 3 is 1.29 bits per heavy atom. The van der Waals surface area contributed by atoms with Crippen LogP contribution in [-0.2, 0) is 4.79 Å². The molecule has 0 aromatic heterocycles. The second-order valence-electron chi connectivity index (χ2n) is 5.66. The first kappa shape index (κ1) is 16.4. The van der Waals surface area contributed by atoms with E-state index in [0.29, 0.717) is 0 Å². The van der Waals surface area contributed by atoms with Gasteiger partial charge in [-0.15, -0.1) is 0 Å². The molecule has 0 aliphatic heterocycles. The molecule has 3 aromatic carbocycles. The minimum absolute atomic E-state index is 0.0715. The van der Waals surface area contributed by atoms with Crippen LogP contribution < -0.4 is 15.9 Å². The van der Waals surface area contributed by atoms with Crippen molar-refractivity contribution in [3.8, 4) is 0 Å². The number of benzene rings is 3. The Morgan fingerprint density at radius 1 is 0.667 bits per heavy atom. The van der Waals surface area contributed by atoms with Crippen molar-refractivity contribution in [3.63, 3.8) is 0 Å². The molecular formula is C22H20OP+. The molecule has 0 saturated carbocycles. The second kappa shape index (κ2) is 7.38. The van der Waals surface area contributed by atoms with Crippen molar-refractivity contribution < 1.29 is 4.79 Å². The fourth-order valence-electron chi connectivity index (χ4n) is 2.91. The van der Waals surface area contributed by atoms with Gasteiger partial charge in [0.15, 0.2) is 5.78 Å². The van der Waals surface area contributed by atoms with Crippen molar-refractivity contribution in [2.45, 2.75) is 6.92 Å². The molecule has 24 heavy (non-hydrogen) atoms. The van der Waals surface area contributed by atoms with Crippen LogP contribution in [0.2, 0.25) is 0 Å². The SMILES string of the molecule is CC(=O)C=C[P+](c1ccccc1)(c1ccccc1)c1ccccc1. The molecule has 0 radical (unpaired) electrons. The number of carbonyl (C=O) groups excluding carboxylic acids is 1. The molecule has 0 fully saturated rings. The van der Waals surface area contributed by atoms with Crippen molar-refractivity contribution in [3.05, 3.63) is 103 Å². The highest BCUT2D eigenvalue weighted by Crippen LogP contribution is 2.56. The third kappa shape index (κ3) is 3.22. The largest absolute Gasteiger partial charge is 0.295 e. The van der Waals surface area contributed by atoms with Crippen LogP contribution in [0.4, 0.5) is 0 Å². The maximum absolute atomic E-state index is 11.7. The molecule has 0 unspecified atom stereocenters. The molecule has 3 aromatic rings. The monoisotopic (exact) mass is 331 g/mol. The van der Waals surface area contributed by atoms with Crippen molar-refractivity contribution in [2.75, 3.05) is 0 Å². The molecule has 118 valence electrons. The van der Waals surface area contributed by atoms with Gasteiger partial charge in [0.1, 0.15) is 23.2 Å². The molecule has 2 heteroatoms. The first-order valence-corrected chi connectivity index (χ1v) is 9.85. The average molecular weight is 331 g/mol. The van der Waals surface area contributed by atoms with Crippen molar-refractivity contribution in [2.24, 2.45) is 0 Å². The van der Waals surface area contributed by atoms with Gasteiger partial charge < -0.3 is 0 Å². The lowest BCUT2D eigenvalue weighted by Crippen LogP contribution is -2.29. The van der Waals surface area contributed by atoms with Gasteiger partial charge in [-0.05, 0) is 43.3 Å². The van der Waals surface area contributed by atoms with Crippen LogP contribution in [0.15, 0.2) is 103 Å². The fraction of sp³-hybridized carbons (Fsp3) is 0.0455. The van der Waals surface area contributed by atoms with Gasteiger partial charge in [0.05, 0.1) is 5.82 Å². The fourth-order valence-corrected chi connectivity index (χ4v) is 6.68. The lowest BCUT2D eigenvalue weighted by atomic mass is 10.4. The van der Waals surface area contributed by atoms with E-state index in [2.05, 4.69) is 78.6 Å². The van der Waals surface area contributed by atoms with E-state index in [0.717, 1.165) is 0 Å². The van der Waals surface area contributed by atoms with Crippen LogP contribution in [-0.4, -0.2) is 5.78 Å². The van der Waals surface area contributed by atoms with Crippen molar-refractivity contribution >= 4 is 29.0 Å². The lowest BCUT2D eigenvalue weighted by Gasteiger charge is -2.23. The molecule has 0 spiro atoms. The molecule has 1 nitrogen and oxygen atoms in total. The molecule has 0 atom stereocenters. The van der Waals surface area contributed by atoms with E-state index < -0.39 is 7.26 Å². The maximum Gasteiger partial charge on any atom is 0.155 e. The van der Waals surface area contributed by atoms with E-state index in [-0.39, 0.29) is 5.78 Å². The van der Waals surface area contributed by atoms with Gasteiger partial charge in [-0.1, -0.05) is 54.6 Å². The molecule has 0 amide bonds. The quantitative estimate of drug-likeness (QED) is 0.508. The second-order valence-corrected chi connectivity index (χ2v) is 8.95. The molecule has 3 rings (SSSR count). The zero-order valence-corrected chi connectivity index (χ0v) is 14.6. The summed E-state index contributed by atoms with van der Waals surface area (Å²) in [5.41, 5.74) is 0. The van der Waals surface area contributed by atoms with Crippen LogP contribution in [0.25, 0.3) is 0 Å². The van der Waals surface area contributed by atoms with Crippen molar-refractivity contribution in [1.29, 1.82) is 0 Å². The number of allylic oxidation sites excluding steroid dienone is 1. The Kier molecular flexibility index (Phi) is 5.03. The third-order valence-electron chi connectivity index (χ3n) is 4.02. The van der Waals surface area contributed by atoms with Gasteiger partial charge in [-0.3, -0.25) is 4.79 Å². The molecular weight excluding hydrogens is 311 g/mol. The summed E-state index contributed by atoms with van der Waals surface area (Å²) in [6, 6.07) is 31.5. The van der Waals surface area contributed by atoms with Gasteiger partial charge in [0.25, 0.3) is 0 Å². The predicted molar refractivity (Wildman–Crippen MR) is 105 cm³/mol. The standard InChI is InChI=1S/C22H20OP/c1-19(23)17-18-24(20-11-5-2-6-12-20,21-13-7-3-8-14-21)22-15-9-4-10-16-22/h2-18H,1H3/q+1. The van der Waals surface area contributed by atoms with Crippen LogP contribution in [0, 0.1) is 0 Å². The van der Waals surface area contributed by atoms with Gasteiger partial charge in [0.2, 0.25) is 0 Å². The third-order valence-corrected chi connectivity index (χ3v) is 7.96. The maximum atomic E-state index is 11.7. The summed E-state index contributed by atoms with van der Waals surface area (Å²) in [5.74, 6) is 2.21. The molecule has 0 aliphatic rings. The number of ketones is 1. The van der Waals surface area contributed by atoms with Gasteiger partial charge in [0, 0.05) is 6.08 Å². The highest BCUT2D eigenvalue weighted by atomic mass is 31.2. The minimum atomic E-state index is -2.01. The van der Waals surface area contributed by atoms with E-state index in [1.165, 1.54) is 15.9 Å². The first-order chi connectivity index (χ1) is 11.7. The van der Waals surface area contributed by atoms with Gasteiger partial charge in [-0.2, -0.15) is 0 Å². The van der Waals surface area contributed by atoms with Crippen LogP contribution in [0.1, 0.15) is 6.92 Å². The minimum Gasteiger partial charge on any atom is -0.295 e. The summed E-state index contributed by atoms with van der Waals surface area (Å²) >= 11 is 0.